The summed E-state index contributed by atoms with van der Waals surface area (Å²) in [6.07, 6.45) is 3.46. The number of rotatable bonds is 6. The molecule has 0 radical (unpaired) electrons. The summed E-state index contributed by atoms with van der Waals surface area (Å²) in [6, 6.07) is 5.09. The van der Waals surface area contributed by atoms with Crippen molar-refractivity contribution in [1.82, 2.24) is 0 Å². The van der Waals surface area contributed by atoms with Gasteiger partial charge in [-0.3, -0.25) is 4.79 Å². The number of hydrogen-bond acceptors (Lipinski definition) is 1. The zero-order valence-corrected chi connectivity index (χ0v) is 10.5. The van der Waals surface area contributed by atoms with Gasteiger partial charge >= 0.3 is 5.97 Å². The number of benzene rings is 1. The van der Waals surface area contributed by atoms with Crippen LogP contribution in [-0.4, -0.2) is 11.1 Å². The van der Waals surface area contributed by atoms with E-state index >= 15 is 0 Å². The number of halogens is 2. The Bertz CT molecular complexity index is 366. The van der Waals surface area contributed by atoms with Crippen molar-refractivity contribution < 1.29 is 14.3 Å². The Balaban J connectivity index is 2.27. The molecule has 0 aliphatic heterocycles. The van der Waals surface area contributed by atoms with Gasteiger partial charge in [-0.25, -0.2) is 4.39 Å². The van der Waals surface area contributed by atoms with Crippen LogP contribution in [0.3, 0.4) is 0 Å². The zero-order valence-electron chi connectivity index (χ0n) is 8.88. The van der Waals surface area contributed by atoms with Gasteiger partial charge in [0.2, 0.25) is 0 Å². The molecule has 0 saturated heterocycles. The highest BCUT2D eigenvalue weighted by Gasteiger charge is 2.01. The predicted molar refractivity (Wildman–Crippen MR) is 63.9 cm³/mol. The number of carbonyl (C=O) groups is 1. The molecule has 0 bridgehead atoms. The number of carboxylic acid groups (broad SMARTS) is 1. The summed E-state index contributed by atoms with van der Waals surface area (Å²) in [6.45, 7) is 0. The molecular formula is C12H14BrFO2. The van der Waals surface area contributed by atoms with Crippen molar-refractivity contribution in [1.29, 1.82) is 0 Å². The standard InChI is InChI=1S/C12H14BrFO2/c13-10-7-6-9(8-11(10)14)4-2-1-3-5-12(15)16/h6-8H,1-5H2,(H,15,16). The van der Waals surface area contributed by atoms with E-state index in [0.717, 1.165) is 24.8 Å². The third-order valence-corrected chi connectivity index (χ3v) is 2.98. The van der Waals surface area contributed by atoms with Crippen LogP contribution < -0.4 is 0 Å². The van der Waals surface area contributed by atoms with Crippen molar-refractivity contribution in [2.75, 3.05) is 0 Å². The Morgan fingerprint density at radius 2 is 2.06 bits per heavy atom. The monoisotopic (exact) mass is 288 g/mol. The van der Waals surface area contributed by atoms with E-state index in [4.69, 9.17) is 5.11 Å². The van der Waals surface area contributed by atoms with Gasteiger partial charge in [-0.15, -0.1) is 0 Å². The lowest BCUT2D eigenvalue weighted by Crippen LogP contribution is -1.94. The molecular weight excluding hydrogens is 275 g/mol. The maximum absolute atomic E-state index is 13.1. The number of hydrogen-bond donors (Lipinski definition) is 1. The average Bonchev–Trinajstić information content (AvgIpc) is 2.22. The molecule has 16 heavy (non-hydrogen) atoms. The first-order chi connectivity index (χ1) is 7.59. The van der Waals surface area contributed by atoms with Crippen LogP contribution in [-0.2, 0) is 11.2 Å². The molecule has 0 aromatic heterocycles. The summed E-state index contributed by atoms with van der Waals surface area (Å²) < 4.78 is 13.6. The van der Waals surface area contributed by atoms with Crippen LogP contribution in [0.25, 0.3) is 0 Å². The molecule has 1 aromatic carbocycles. The van der Waals surface area contributed by atoms with E-state index in [1.54, 1.807) is 6.07 Å². The van der Waals surface area contributed by atoms with Crippen molar-refractivity contribution >= 4 is 21.9 Å². The summed E-state index contributed by atoms with van der Waals surface area (Å²) in [7, 11) is 0. The molecule has 0 fully saturated rings. The highest BCUT2D eigenvalue weighted by Crippen LogP contribution is 2.17. The smallest absolute Gasteiger partial charge is 0.303 e. The average molecular weight is 289 g/mol. The van der Waals surface area contributed by atoms with Crippen molar-refractivity contribution in [3.63, 3.8) is 0 Å². The van der Waals surface area contributed by atoms with E-state index in [9.17, 15) is 9.18 Å². The van der Waals surface area contributed by atoms with Crippen molar-refractivity contribution in [2.24, 2.45) is 0 Å². The predicted octanol–water partition coefficient (Wildman–Crippen LogP) is 3.78. The first kappa shape index (κ1) is 13.2. The lowest BCUT2D eigenvalue weighted by atomic mass is 10.1. The van der Waals surface area contributed by atoms with Gasteiger partial charge < -0.3 is 5.11 Å². The fourth-order valence-electron chi connectivity index (χ4n) is 1.48. The molecule has 2 nitrogen and oxygen atoms in total. The summed E-state index contributed by atoms with van der Waals surface area (Å²) in [4.78, 5) is 10.3. The summed E-state index contributed by atoms with van der Waals surface area (Å²) in [5, 5.41) is 8.44. The molecule has 0 aliphatic rings. The van der Waals surface area contributed by atoms with Gasteiger partial charge in [0.25, 0.3) is 0 Å². The molecule has 0 saturated carbocycles. The van der Waals surface area contributed by atoms with Crippen molar-refractivity contribution in [3.8, 4) is 0 Å². The van der Waals surface area contributed by atoms with E-state index in [1.165, 1.54) is 6.07 Å². The second kappa shape index (κ2) is 6.63. The summed E-state index contributed by atoms with van der Waals surface area (Å²) in [5.74, 6) is -1.00. The summed E-state index contributed by atoms with van der Waals surface area (Å²) in [5.41, 5.74) is 0.955. The normalized spacial score (nSPS) is 10.4. The molecule has 1 rings (SSSR count). The largest absolute Gasteiger partial charge is 0.481 e. The Hall–Kier alpha value is -0.900. The molecule has 1 N–H and O–H groups in total. The van der Waals surface area contributed by atoms with Crippen LogP contribution in [0.4, 0.5) is 4.39 Å². The molecule has 88 valence electrons. The Kier molecular flexibility index (Phi) is 5.46. The van der Waals surface area contributed by atoms with Crippen LogP contribution in [0.2, 0.25) is 0 Å². The first-order valence-electron chi connectivity index (χ1n) is 5.25. The van der Waals surface area contributed by atoms with Gasteiger partial charge in [0.15, 0.2) is 0 Å². The SMILES string of the molecule is O=C(O)CCCCCc1ccc(Br)c(F)c1. The highest BCUT2D eigenvalue weighted by atomic mass is 79.9. The van der Waals surface area contributed by atoms with Gasteiger partial charge in [-0.05, 0) is 52.9 Å². The lowest BCUT2D eigenvalue weighted by molar-refractivity contribution is -0.137. The van der Waals surface area contributed by atoms with Crippen LogP contribution >= 0.6 is 15.9 Å². The molecule has 0 heterocycles. The van der Waals surface area contributed by atoms with Crippen LogP contribution in [0, 0.1) is 5.82 Å². The zero-order chi connectivity index (χ0) is 12.0. The quantitative estimate of drug-likeness (QED) is 0.809. The van der Waals surface area contributed by atoms with Gasteiger partial charge in [0, 0.05) is 6.42 Å². The van der Waals surface area contributed by atoms with Gasteiger partial charge in [0.1, 0.15) is 5.82 Å². The third-order valence-electron chi connectivity index (χ3n) is 2.34. The van der Waals surface area contributed by atoms with Gasteiger partial charge in [0.05, 0.1) is 4.47 Å². The van der Waals surface area contributed by atoms with E-state index in [-0.39, 0.29) is 12.2 Å². The minimum atomic E-state index is -0.755. The third kappa shape index (κ3) is 4.75. The lowest BCUT2D eigenvalue weighted by Gasteiger charge is -2.02. The fraction of sp³-hybridized carbons (Fsp3) is 0.417. The Labute approximate surface area is 103 Å². The van der Waals surface area contributed by atoms with E-state index in [2.05, 4.69) is 15.9 Å². The second-order valence-electron chi connectivity index (χ2n) is 3.70. The number of aryl methyl sites for hydroxylation is 1. The molecule has 0 spiro atoms. The topological polar surface area (TPSA) is 37.3 Å². The number of aliphatic carboxylic acids is 1. The fourth-order valence-corrected chi connectivity index (χ4v) is 1.72. The van der Waals surface area contributed by atoms with Gasteiger partial charge in [-0.2, -0.15) is 0 Å². The maximum Gasteiger partial charge on any atom is 0.303 e. The van der Waals surface area contributed by atoms with Crippen molar-refractivity contribution in [2.45, 2.75) is 32.1 Å². The maximum atomic E-state index is 13.1. The second-order valence-corrected chi connectivity index (χ2v) is 4.56. The summed E-state index contributed by atoms with van der Waals surface area (Å²) >= 11 is 3.10. The Morgan fingerprint density at radius 1 is 1.31 bits per heavy atom. The van der Waals surface area contributed by atoms with Crippen LogP contribution in [0.1, 0.15) is 31.2 Å². The van der Waals surface area contributed by atoms with Crippen LogP contribution in [0.15, 0.2) is 22.7 Å². The number of carboxylic acids is 1. The molecule has 0 amide bonds. The van der Waals surface area contributed by atoms with E-state index < -0.39 is 5.97 Å². The highest BCUT2D eigenvalue weighted by molar-refractivity contribution is 9.10. The van der Waals surface area contributed by atoms with E-state index in [0.29, 0.717) is 10.9 Å². The van der Waals surface area contributed by atoms with Crippen LogP contribution in [0.5, 0.6) is 0 Å². The Morgan fingerprint density at radius 3 is 2.69 bits per heavy atom. The minimum Gasteiger partial charge on any atom is -0.481 e. The molecule has 0 atom stereocenters. The molecule has 0 aliphatic carbocycles. The molecule has 1 aromatic rings. The molecule has 4 heteroatoms. The van der Waals surface area contributed by atoms with Crippen molar-refractivity contribution in [3.05, 3.63) is 34.1 Å². The number of unbranched alkanes of at least 4 members (excludes halogenated alkanes) is 2. The molecule has 0 unspecified atom stereocenters. The van der Waals surface area contributed by atoms with Gasteiger partial charge in [-0.1, -0.05) is 12.5 Å². The van der Waals surface area contributed by atoms with E-state index in [1.807, 2.05) is 6.07 Å². The first-order valence-corrected chi connectivity index (χ1v) is 6.04. The minimum absolute atomic E-state index is 0.217.